The van der Waals surface area contributed by atoms with Gasteiger partial charge in [-0.1, -0.05) is 211 Å². The first-order valence-corrected chi connectivity index (χ1v) is 26.8. The topological polar surface area (TPSA) is 3.24 Å². The van der Waals surface area contributed by atoms with Crippen molar-refractivity contribution in [3.63, 3.8) is 0 Å². The van der Waals surface area contributed by atoms with Gasteiger partial charge in [0, 0.05) is 31.3 Å². The lowest BCUT2D eigenvalue weighted by Crippen LogP contribution is -2.34. The average molecular weight is 956 g/mol. The third-order valence-corrected chi connectivity index (χ3v) is 18.0. The number of nitrogens with zero attached hydrogens (tertiary/aromatic N) is 1. The van der Waals surface area contributed by atoms with Crippen LogP contribution < -0.4 is 4.90 Å². The summed E-state index contributed by atoms with van der Waals surface area (Å²) < 4.78 is 2.62. The fraction of sp³-hybridized carbons (Fsp3) is 0.155. The number of rotatable bonds is 5. The summed E-state index contributed by atoms with van der Waals surface area (Å²) in [6.45, 7) is 16.6. The second-order valence-corrected chi connectivity index (χ2v) is 24.1. The van der Waals surface area contributed by atoms with E-state index in [1.807, 2.05) is 11.3 Å². The molecule has 2 heteroatoms. The molecule has 2 aliphatic carbocycles. The van der Waals surface area contributed by atoms with E-state index >= 15 is 0 Å². The quantitative estimate of drug-likeness (QED) is 0.166. The molecule has 0 radical (unpaired) electrons. The van der Waals surface area contributed by atoms with Crippen molar-refractivity contribution in [1.29, 1.82) is 0 Å². The van der Waals surface area contributed by atoms with Crippen LogP contribution in [0.1, 0.15) is 98.5 Å². The second-order valence-electron chi connectivity index (χ2n) is 23.0. The monoisotopic (exact) mass is 955 g/mol. The fourth-order valence-electron chi connectivity index (χ4n) is 13.1. The fourth-order valence-corrected chi connectivity index (χ4v) is 14.2. The number of anilines is 3. The Morgan fingerprint density at radius 2 is 0.945 bits per heavy atom. The standard InChI is InChI=1S/C71H57NS/c1-68(2,3)49-31-35-54-55-36-32-50(69(4,5)6)40-61(55)71(60(54)39-49,48-23-12-9-13-24-48)51-38-58-53-25-14-16-27-59(53)70(7)62-42-57-56-26-15-17-28-65(56)73-66(57)43-63(62)72(64(41-51)67(58)70)52-33-29-45(30-34-52)47-22-18-21-46(37-47)44-19-10-8-11-20-44/h8-43H,1-7H3. The van der Waals surface area contributed by atoms with Crippen LogP contribution in [0.2, 0.25) is 0 Å². The van der Waals surface area contributed by atoms with E-state index in [0.717, 1.165) is 5.69 Å². The van der Waals surface area contributed by atoms with Crippen molar-refractivity contribution >= 4 is 48.6 Å². The minimum Gasteiger partial charge on any atom is -0.310 e. The molecule has 1 nitrogen and oxygen atoms in total. The summed E-state index contributed by atoms with van der Waals surface area (Å²) in [4.78, 5) is 2.63. The third kappa shape index (κ3) is 6.33. The van der Waals surface area contributed by atoms with Crippen molar-refractivity contribution in [3.05, 3.63) is 268 Å². The van der Waals surface area contributed by atoms with Crippen LogP contribution in [0.4, 0.5) is 17.1 Å². The first-order chi connectivity index (χ1) is 35.3. The van der Waals surface area contributed by atoms with Gasteiger partial charge in [0.25, 0.3) is 0 Å². The average Bonchev–Trinajstić information content (AvgIpc) is 4.03. The Morgan fingerprint density at radius 3 is 1.62 bits per heavy atom. The summed E-state index contributed by atoms with van der Waals surface area (Å²) in [6.07, 6.45) is 0. The van der Waals surface area contributed by atoms with Crippen LogP contribution >= 0.6 is 11.3 Å². The van der Waals surface area contributed by atoms with E-state index in [-0.39, 0.29) is 10.8 Å². The van der Waals surface area contributed by atoms with E-state index in [4.69, 9.17) is 0 Å². The largest absolute Gasteiger partial charge is 0.310 e. The van der Waals surface area contributed by atoms with Crippen LogP contribution in [0.3, 0.4) is 0 Å². The molecule has 352 valence electrons. The van der Waals surface area contributed by atoms with Gasteiger partial charge in [-0.2, -0.15) is 0 Å². The van der Waals surface area contributed by atoms with E-state index in [1.165, 1.54) is 126 Å². The van der Waals surface area contributed by atoms with Crippen molar-refractivity contribution in [3.8, 4) is 44.5 Å². The minimum atomic E-state index is -0.636. The number of hydrogen-bond acceptors (Lipinski definition) is 2. The Hall–Kier alpha value is -7.78. The SMILES string of the molecule is CC(C)(C)c1ccc2c(c1)C(c1ccccc1)(c1cc3c4c(c1)N(c1ccc(-c5cccc(-c6ccccc6)c5)cc1)c1cc5sc6ccccc6c5cc1C4(C)c1ccccc1-3)c1cc(C(C)(C)C)ccc1-2. The molecule has 1 unspecified atom stereocenters. The summed E-state index contributed by atoms with van der Waals surface area (Å²) in [5, 5.41) is 2.65. The van der Waals surface area contributed by atoms with Crippen LogP contribution in [-0.2, 0) is 21.7 Å². The predicted octanol–water partition coefficient (Wildman–Crippen LogP) is 19.5. The zero-order valence-electron chi connectivity index (χ0n) is 42.6. The van der Waals surface area contributed by atoms with Crippen molar-refractivity contribution < 1.29 is 0 Å². The molecule has 0 saturated heterocycles. The van der Waals surface area contributed by atoms with E-state index < -0.39 is 10.8 Å². The second kappa shape index (κ2) is 15.6. The third-order valence-electron chi connectivity index (χ3n) is 16.8. The molecule has 0 fully saturated rings. The normalized spacial score (nSPS) is 16.0. The van der Waals surface area contributed by atoms with Crippen LogP contribution in [0.5, 0.6) is 0 Å². The molecule has 1 aliphatic heterocycles. The van der Waals surface area contributed by atoms with Crippen LogP contribution in [0, 0.1) is 0 Å². The summed E-state index contributed by atoms with van der Waals surface area (Å²) in [5.74, 6) is 0. The summed E-state index contributed by atoms with van der Waals surface area (Å²) in [5.41, 5.74) is 24.6. The zero-order chi connectivity index (χ0) is 49.6. The maximum absolute atomic E-state index is 2.63. The highest BCUT2D eigenvalue weighted by Crippen LogP contribution is 2.66. The molecule has 0 spiro atoms. The molecule has 0 saturated carbocycles. The smallest absolute Gasteiger partial charge is 0.0714 e. The molecule has 14 rings (SSSR count). The highest BCUT2D eigenvalue weighted by atomic mass is 32.1. The Labute approximate surface area is 434 Å². The number of hydrogen-bond donors (Lipinski definition) is 0. The van der Waals surface area contributed by atoms with Crippen molar-refractivity contribution in [2.24, 2.45) is 0 Å². The highest BCUT2D eigenvalue weighted by Gasteiger charge is 2.52. The van der Waals surface area contributed by atoms with Crippen LogP contribution in [0.15, 0.2) is 218 Å². The number of benzene rings is 10. The Balaban J connectivity index is 1.09. The zero-order valence-corrected chi connectivity index (χ0v) is 43.5. The Morgan fingerprint density at radius 1 is 0.370 bits per heavy atom. The van der Waals surface area contributed by atoms with Gasteiger partial charge in [-0.3, -0.25) is 0 Å². The molecule has 10 aromatic carbocycles. The van der Waals surface area contributed by atoms with E-state index in [1.54, 1.807) is 0 Å². The number of fused-ring (bicyclic) bond motifs is 11. The van der Waals surface area contributed by atoms with Gasteiger partial charge in [-0.25, -0.2) is 0 Å². The molecule has 0 bridgehead atoms. The van der Waals surface area contributed by atoms with Gasteiger partial charge in [0.2, 0.25) is 0 Å². The molecule has 11 aromatic rings. The lowest BCUT2D eigenvalue weighted by molar-refractivity contribution is 0.586. The van der Waals surface area contributed by atoms with Gasteiger partial charge in [-0.05, 0) is 161 Å². The number of thiophene rings is 1. The van der Waals surface area contributed by atoms with Gasteiger partial charge in [0.1, 0.15) is 0 Å². The first kappa shape index (κ1) is 44.0. The van der Waals surface area contributed by atoms with Crippen molar-refractivity contribution in [2.45, 2.75) is 70.1 Å². The van der Waals surface area contributed by atoms with Crippen molar-refractivity contribution in [1.82, 2.24) is 0 Å². The maximum Gasteiger partial charge on any atom is 0.0714 e. The Bertz CT molecular complexity index is 3980. The minimum absolute atomic E-state index is 0.0546. The highest BCUT2D eigenvalue weighted by molar-refractivity contribution is 7.25. The lowest BCUT2D eigenvalue weighted by atomic mass is 9.64. The van der Waals surface area contributed by atoms with E-state index in [2.05, 4.69) is 272 Å². The van der Waals surface area contributed by atoms with Crippen LogP contribution in [-0.4, -0.2) is 0 Å². The molecule has 2 heterocycles. The summed E-state index contributed by atoms with van der Waals surface area (Å²) in [7, 11) is 0. The summed E-state index contributed by atoms with van der Waals surface area (Å²) in [6, 6.07) is 83.8. The van der Waals surface area contributed by atoms with Gasteiger partial charge in [0.05, 0.1) is 16.8 Å². The molecule has 0 amide bonds. The molecule has 0 N–H and O–H groups in total. The van der Waals surface area contributed by atoms with Crippen molar-refractivity contribution in [2.75, 3.05) is 4.90 Å². The molecular formula is C71H57NS. The molecular weight excluding hydrogens is 899 g/mol. The predicted molar refractivity (Wildman–Crippen MR) is 311 cm³/mol. The molecule has 73 heavy (non-hydrogen) atoms. The first-order valence-electron chi connectivity index (χ1n) is 26.0. The maximum atomic E-state index is 2.63. The van der Waals surface area contributed by atoms with Gasteiger partial charge >= 0.3 is 0 Å². The molecule has 3 aliphatic rings. The lowest BCUT2D eigenvalue weighted by Gasteiger charge is -2.44. The molecule has 1 aromatic heterocycles. The van der Waals surface area contributed by atoms with E-state index in [9.17, 15) is 0 Å². The van der Waals surface area contributed by atoms with Gasteiger partial charge in [-0.15, -0.1) is 11.3 Å². The van der Waals surface area contributed by atoms with E-state index in [0.29, 0.717) is 0 Å². The Kier molecular flexibility index (Phi) is 9.40. The van der Waals surface area contributed by atoms with Gasteiger partial charge < -0.3 is 4.90 Å². The van der Waals surface area contributed by atoms with Gasteiger partial charge in [0.15, 0.2) is 0 Å². The summed E-state index contributed by atoms with van der Waals surface area (Å²) >= 11 is 1.90. The molecule has 1 atom stereocenters. The van der Waals surface area contributed by atoms with Crippen LogP contribution in [0.25, 0.3) is 64.7 Å².